The van der Waals surface area contributed by atoms with Crippen molar-refractivity contribution in [3.63, 3.8) is 0 Å². The van der Waals surface area contributed by atoms with Gasteiger partial charge in [0, 0.05) is 26.5 Å². The smallest absolute Gasteiger partial charge is 0.147 e. The van der Waals surface area contributed by atoms with Crippen LogP contribution in [0.25, 0.3) is 0 Å². The number of aromatic nitrogens is 3. The van der Waals surface area contributed by atoms with Gasteiger partial charge in [-0.1, -0.05) is 11.6 Å². The summed E-state index contributed by atoms with van der Waals surface area (Å²) in [5, 5.41) is 0.543. The van der Waals surface area contributed by atoms with Gasteiger partial charge in [-0.3, -0.25) is 0 Å². The van der Waals surface area contributed by atoms with E-state index in [9.17, 15) is 0 Å². The van der Waals surface area contributed by atoms with E-state index in [0.717, 1.165) is 5.82 Å². The van der Waals surface area contributed by atoms with Crippen molar-refractivity contribution in [2.24, 2.45) is 7.05 Å². The molecule has 2 aromatic rings. The van der Waals surface area contributed by atoms with Gasteiger partial charge in [0.2, 0.25) is 0 Å². The van der Waals surface area contributed by atoms with Gasteiger partial charge in [0.05, 0.1) is 23.5 Å². The normalized spacial score (nSPS) is 10.5. The minimum absolute atomic E-state index is 0.543. The summed E-state index contributed by atoms with van der Waals surface area (Å²) in [6, 6.07) is 1.69. The summed E-state index contributed by atoms with van der Waals surface area (Å²) in [5.74, 6) is 1.64. The number of hydrogen-bond donors (Lipinski definition) is 1. The monoisotopic (exact) mass is 251 g/mol. The van der Waals surface area contributed by atoms with E-state index < -0.39 is 0 Å². The molecule has 2 aromatic heterocycles. The quantitative estimate of drug-likeness (QED) is 0.902. The number of hydrogen-bond acceptors (Lipinski definition) is 4. The topological polar surface area (TPSA) is 60.0 Å². The molecule has 90 valence electrons. The Morgan fingerprint density at radius 1 is 1.47 bits per heavy atom. The molecule has 6 heteroatoms. The summed E-state index contributed by atoms with van der Waals surface area (Å²) >= 11 is 6.09. The van der Waals surface area contributed by atoms with Crippen LogP contribution in [-0.2, 0) is 13.6 Å². The van der Waals surface area contributed by atoms with E-state index in [2.05, 4.69) is 9.97 Å². The molecular formula is C11H14ClN5. The van der Waals surface area contributed by atoms with Gasteiger partial charge in [0.25, 0.3) is 0 Å². The zero-order chi connectivity index (χ0) is 12.4. The number of nitrogens with zero attached hydrogens (tertiary/aromatic N) is 4. The molecule has 0 radical (unpaired) electrons. The molecule has 0 atom stereocenters. The van der Waals surface area contributed by atoms with Gasteiger partial charge in [0.1, 0.15) is 11.6 Å². The Kier molecular flexibility index (Phi) is 3.19. The van der Waals surface area contributed by atoms with Crippen molar-refractivity contribution in [2.75, 3.05) is 17.7 Å². The molecule has 0 aliphatic carbocycles. The molecule has 0 saturated heterocycles. The molecule has 2 rings (SSSR count). The Labute approximate surface area is 105 Å². The standard InChI is InChI=1S/C11H14ClN5/c1-16-4-3-14-10(16)7-17(2)11-9(12)5-8(13)6-15-11/h3-6H,7,13H2,1-2H3. The average Bonchev–Trinajstić information content (AvgIpc) is 2.64. The van der Waals surface area contributed by atoms with Crippen molar-refractivity contribution in [2.45, 2.75) is 6.54 Å². The number of halogens is 1. The molecule has 5 nitrogen and oxygen atoms in total. The second kappa shape index (κ2) is 4.63. The second-order valence-corrected chi connectivity index (χ2v) is 4.29. The van der Waals surface area contributed by atoms with Gasteiger partial charge in [-0.15, -0.1) is 0 Å². The summed E-state index contributed by atoms with van der Waals surface area (Å²) in [6.45, 7) is 0.639. The van der Waals surface area contributed by atoms with Crippen LogP contribution in [0.2, 0.25) is 5.02 Å². The first kappa shape index (κ1) is 11.7. The van der Waals surface area contributed by atoms with Crippen LogP contribution >= 0.6 is 11.6 Å². The minimum Gasteiger partial charge on any atom is -0.397 e. The van der Waals surface area contributed by atoms with E-state index in [4.69, 9.17) is 17.3 Å². The Morgan fingerprint density at radius 3 is 2.82 bits per heavy atom. The second-order valence-electron chi connectivity index (χ2n) is 3.88. The number of nitrogens with two attached hydrogens (primary N) is 1. The van der Waals surface area contributed by atoms with E-state index >= 15 is 0 Å². The molecule has 0 unspecified atom stereocenters. The van der Waals surface area contributed by atoms with Crippen LogP contribution in [0.3, 0.4) is 0 Å². The fraction of sp³-hybridized carbons (Fsp3) is 0.273. The molecule has 2 heterocycles. The highest BCUT2D eigenvalue weighted by Gasteiger charge is 2.10. The first-order chi connectivity index (χ1) is 8.08. The van der Waals surface area contributed by atoms with E-state index in [1.165, 1.54) is 0 Å². The molecule has 0 amide bonds. The first-order valence-electron chi connectivity index (χ1n) is 5.16. The maximum atomic E-state index is 6.09. The SMILES string of the molecule is CN(Cc1nccn1C)c1ncc(N)cc1Cl. The first-order valence-corrected chi connectivity index (χ1v) is 5.54. The third-order valence-electron chi connectivity index (χ3n) is 2.50. The van der Waals surface area contributed by atoms with Crippen LogP contribution in [0.1, 0.15) is 5.82 Å². The van der Waals surface area contributed by atoms with Gasteiger partial charge in [-0.2, -0.15) is 0 Å². The highest BCUT2D eigenvalue weighted by molar-refractivity contribution is 6.33. The molecule has 0 bridgehead atoms. The lowest BCUT2D eigenvalue weighted by Crippen LogP contribution is -2.20. The minimum atomic E-state index is 0.543. The highest BCUT2D eigenvalue weighted by atomic mass is 35.5. The molecule has 0 spiro atoms. The molecule has 0 saturated carbocycles. The largest absolute Gasteiger partial charge is 0.397 e. The van der Waals surface area contributed by atoms with Crippen LogP contribution in [0.15, 0.2) is 24.7 Å². The van der Waals surface area contributed by atoms with Crippen molar-refractivity contribution in [3.05, 3.63) is 35.5 Å². The summed E-state index contributed by atoms with van der Waals surface area (Å²) < 4.78 is 1.96. The van der Waals surface area contributed by atoms with Crippen molar-refractivity contribution in [3.8, 4) is 0 Å². The van der Waals surface area contributed by atoms with Crippen molar-refractivity contribution < 1.29 is 0 Å². The summed E-state index contributed by atoms with van der Waals surface area (Å²) in [6.07, 6.45) is 5.26. The predicted octanol–water partition coefficient (Wildman–Crippen LogP) is 1.69. The molecule has 0 aliphatic rings. The van der Waals surface area contributed by atoms with Crippen molar-refractivity contribution in [1.82, 2.24) is 14.5 Å². The van der Waals surface area contributed by atoms with Crippen molar-refractivity contribution in [1.29, 1.82) is 0 Å². The van der Waals surface area contributed by atoms with Gasteiger partial charge >= 0.3 is 0 Å². The zero-order valence-electron chi connectivity index (χ0n) is 9.76. The summed E-state index contributed by atoms with van der Waals surface area (Å²) in [7, 11) is 3.87. The van der Waals surface area contributed by atoms with Gasteiger partial charge < -0.3 is 15.2 Å². The zero-order valence-corrected chi connectivity index (χ0v) is 10.5. The van der Waals surface area contributed by atoms with Crippen LogP contribution in [0.5, 0.6) is 0 Å². The van der Waals surface area contributed by atoms with E-state index in [0.29, 0.717) is 23.1 Å². The maximum absolute atomic E-state index is 6.09. The lowest BCUT2D eigenvalue weighted by molar-refractivity contribution is 0.755. The van der Waals surface area contributed by atoms with E-state index in [1.54, 1.807) is 18.5 Å². The lowest BCUT2D eigenvalue weighted by atomic mass is 10.4. The molecule has 0 fully saturated rings. The molecule has 2 N–H and O–H groups in total. The molecular weight excluding hydrogens is 238 g/mol. The van der Waals surface area contributed by atoms with Crippen LogP contribution in [0, 0.1) is 0 Å². The van der Waals surface area contributed by atoms with Crippen LogP contribution in [-0.4, -0.2) is 21.6 Å². The molecule has 0 aliphatic heterocycles. The summed E-state index contributed by atoms with van der Waals surface area (Å²) in [4.78, 5) is 10.4. The van der Waals surface area contributed by atoms with Gasteiger partial charge in [-0.25, -0.2) is 9.97 Å². The van der Waals surface area contributed by atoms with Gasteiger partial charge in [0.15, 0.2) is 0 Å². The number of aryl methyl sites for hydroxylation is 1. The number of rotatable bonds is 3. The Bertz CT molecular complexity index is 522. The predicted molar refractivity (Wildman–Crippen MR) is 69.0 cm³/mol. The fourth-order valence-corrected chi connectivity index (χ4v) is 1.88. The third kappa shape index (κ3) is 2.50. The lowest BCUT2D eigenvalue weighted by Gasteiger charge is -2.19. The number of pyridine rings is 1. The average molecular weight is 252 g/mol. The number of imidazole rings is 1. The Balaban J connectivity index is 2.20. The molecule has 0 aromatic carbocycles. The molecule has 17 heavy (non-hydrogen) atoms. The third-order valence-corrected chi connectivity index (χ3v) is 2.78. The van der Waals surface area contributed by atoms with Crippen molar-refractivity contribution >= 4 is 23.1 Å². The Hall–Kier alpha value is -1.75. The van der Waals surface area contributed by atoms with Crippen LogP contribution < -0.4 is 10.6 Å². The number of nitrogen functional groups attached to an aromatic ring is 1. The van der Waals surface area contributed by atoms with Gasteiger partial charge in [-0.05, 0) is 6.07 Å². The van der Waals surface area contributed by atoms with E-state index in [-0.39, 0.29) is 0 Å². The summed E-state index contributed by atoms with van der Waals surface area (Å²) in [5.41, 5.74) is 6.17. The van der Waals surface area contributed by atoms with E-state index in [1.807, 2.05) is 29.8 Å². The number of anilines is 2. The Morgan fingerprint density at radius 2 is 2.24 bits per heavy atom. The highest BCUT2D eigenvalue weighted by Crippen LogP contribution is 2.24. The fourth-order valence-electron chi connectivity index (χ4n) is 1.56. The van der Waals surface area contributed by atoms with Crippen LogP contribution in [0.4, 0.5) is 11.5 Å². The maximum Gasteiger partial charge on any atom is 0.147 e.